The molecule has 1 aromatic rings. The molecule has 4 N–H and O–H groups in total. The summed E-state index contributed by atoms with van der Waals surface area (Å²) < 4.78 is 22.1. The molecule has 0 aliphatic heterocycles. The van der Waals surface area contributed by atoms with E-state index in [0.717, 1.165) is 10.6 Å². The van der Waals surface area contributed by atoms with E-state index < -0.39 is 42.5 Å². The third-order valence-electron chi connectivity index (χ3n) is 3.03. The van der Waals surface area contributed by atoms with Gasteiger partial charge in [-0.15, -0.1) is 0 Å². The van der Waals surface area contributed by atoms with E-state index in [1.165, 1.54) is 20.4 Å². The van der Waals surface area contributed by atoms with Crippen LogP contribution in [0.2, 0.25) is 0 Å². The van der Waals surface area contributed by atoms with Crippen LogP contribution in [0.4, 0.5) is 0 Å². The van der Waals surface area contributed by atoms with E-state index in [-0.39, 0.29) is 19.8 Å². The second-order valence-electron chi connectivity index (χ2n) is 5.24. The van der Waals surface area contributed by atoms with Gasteiger partial charge in [0.1, 0.15) is 6.10 Å². The van der Waals surface area contributed by atoms with Gasteiger partial charge in [0.2, 0.25) is 0 Å². The van der Waals surface area contributed by atoms with Gasteiger partial charge in [-0.2, -0.15) is 0 Å². The lowest BCUT2D eigenvalue weighted by atomic mass is 10.4. The summed E-state index contributed by atoms with van der Waals surface area (Å²) in [5.41, 5.74) is -1.24. The Morgan fingerprint density at radius 2 is 1.88 bits per heavy atom. The van der Waals surface area contributed by atoms with Crippen LogP contribution >= 0.6 is 6.49 Å². The van der Waals surface area contributed by atoms with Gasteiger partial charge in [0.25, 0.3) is 5.56 Å². The fourth-order valence-electron chi connectivity index (χ4n) is 1.98. The highest BCUT2D eigenvalue weighted by Gasteiger charge is 2.24. The second-order valence-corrected chi connectivity index (χ2v) is 8.85. The largest absolute Gasteiger partial charge is 0.382 e. The van der Waals surface area contributed by atoms with Crippen LogP contribution in [0.3, 0.4) is 0 Å². The highest BCUT2D eigenvalue weighted by molar-refractivity contribution is 8.09. The molecule has 0 aliphatic rings. The number of aromatic nitrogens is 2. The molecule has 0 aromatic carbocycles. The Balaban J connectivity index is 2.88. The van der Waals surface area contributed by atoms with E-state index in [2.05, 4.69) is 4.98 Å². The average Bonchev–Trinajstić information content (AvgIpc) is 2.51. The second kappa shape index (κ2) is 11.0. The van der Waals surface area contributed by atoms with Gasteiger partial charge >= 0.3 is 5.69 Å². The molecule has 0 saturated carbocycles. The molecule has 1 unspecified atom stereocenters. The summed E-state index contributed by atoms with van der Waals surface area (Å²) in [5.74, 6) is 0. The maximum atomic E-state index is 11.9. The number of aromatic amines is 1. The molecule has 13 heteroatoms. The first-order valence-corrected chi connectivity index (χ1v) is 10.3. The minimum Gasteiger partial charge on any atom is -0.382 e. The number of hydrogen-bond donors (Lipinski definition) is 4. The Bertz CT molecular complexity index is 707. The van der Waals surface area contributed by atoms with Gasteiger partial charge < -0.3 is 33.8 Å². The van der Waals surface area contributed by atoms with Gasteiger partial charge in [-0.1, -0.05) is 0 Å². The summed E-state index contributed by atoms with van der Waals surface area (Å²) in [6.07, 6.45) is -2.71. The van der Waals surface area contributed by atoms with Crippen LogP contribution < -0.4 is 11.2 Å². The lowest BCUT2D eigenvalue weighted by molar-refractivity contribution is -0.120. The Morgan fingerprint density at radius 1 is 1.23 bits per heavy atom. The summed E-state index contributed by atoms with van der Waals surface area (Å²) in [4.78, 5) is 35.1. The van der Waals surface area contributed by atoms with Crippen LogP contribution in [0.15, 0.2) is 21.9 Å². The van der Waals surface area contributed by atoms with Crippen LogP contribution in [0.25, 0.3) is 0 Å². The number of nitrogens with one attached hydrogen (secondary N) is 1. The summed E-state index contributed by atoms with van der Waals surface area (Å²) in [7, 11) is 2.82. The van der Waals surface area contributed by atoms with Crippen molar-refractivity contribution < 1.29 is 33.8 Å². The minimum absolute atomic E-state index is 0.0190. The molecule has 0 saturated heterocycles. The highest BCUT2D eigenvalue weighted by atomic mass is 32.5. The van der Waals surface area contributed by atoms with Crippen molar-refractivity contribution in [3.8, 4) is 0 Å². The van der Waals surface area contributed by atoms with Gasteiger partial charge in [0.15, 0.2) is 19.0 Å². The van der Waals surface area contributed by atoms with Crippen molar-refractivity contribution in [2.75, 3.05) is 40.2 Å². The van der Waals surface area contributed by atoms with Crippen molar-refractivity contribution in [3.05, 3.63) is 33.1 Å². The Morgan fingerprint density at radius 3 is 2.42 bits per heavy atom. The van der Waals surface area contributed by atoms with E-state index in [1.807, 2.05) is 0 Å². The number of nitrogens with zero attached hydrogens (tertiary/aromatic N) is 1. The topological polar surface area (TPSA) is 152 Å². The van der Waals surface area contributed by atoms with Crippen molar-refractivity contribution in [1.29, 1.82) is 0 Å². The summed E-state index contributed by atoms with van der Waals surface area (Å²) in [5, 5.41) is 17.8. The maximum absolute atomic E-state index is 11.9. The molecule has 0 aliphatic carbocycles. The normalized spacial score (nSPS) is 16.4. The molecular formula is C13H23N2O9PS. The molecule has 26 heavy (non-hydrogen) atoms. The fraction of sp³-hybridized carbons (Fsp3) is 0.692. The molecule has 3 atom stereocenters. The third-order valence-corrected chi connectivity index (χ3v) is 5.13. The Labute approximate surface area is 154 Å². The predicted octanol–water partition coefficient (Wildman–Crippen LogP) is -1.66. The molecule has 0 radical (unpaired) electrons. The summed E-state index contributed by atoms with van der Waals surface area (Å²) in [6.45, 7) is -3.62. The number of aliphatic hydroxyl groups is 2. The number of hydrogen-bond acceptors (Lipinski definition) is 9. The lowest BCUT2D eigenvalue weighted by Gasteiger charge is -2.26. The van der Waals surface area contributed by atoms with Gasteiger partial charge in [-0.05, 0) is 11.8 Å². The Hall–Kier alpha value is -0.950. The monoisotopic (exact) mass is 414 g/mol. The van der Waals surface area contributed by atoms with Gasteiger partial charge in [0.05, 0.1) is 26.0 Å². The summed E-state index contributed by atoms with van der Waals surface area (Å²) in [6, 6.07) is 1.16. The first-order valence-electron chi connectivity index (χ1n) is 7.45. The van der Waals surface area contributed by atoms with Crippen molar-refractivity contribution in [3.63, 3.8) is 0 Å². The fourth-order valence-corrected chi connectivity index (χ4v) is 3.48. The third kappa shape index (κ3) is 8.16. The average molecular weight is 414 g/mol. The lowest BCUT2D eigenvalue weighted by Crippen LogP contribution is -2.38. The van der Waals surface area contributed by atoms with Crippen LogP contribution in [-0.4, -0.2) is 77.3 Å². The molecule has 11 nitrogen and oxygen atoms in total. The molecule has 0 bridgehead atoms. The van der Waals surface area contributed by atoms with E-state index in [0.29, 0.717) is 0 Å². The van der Waals surface area contributed by atoms with E-state index in [4.69, 9.17) is 40.8 Å². The van der Waals surface area contributed by atoms with Crippen molar-refractivity contribution in [2.45, 2.75) is 18.6 Å². The number of rotatable bonds is 12. The number of methoxy groups -OCH3 is 2. The molecule has 0 fully saturated rings. The van der Waals surface area contributed by atoms with Gasteiger partial charge in [-0.3, -0.25) is 14.3 Å². The molecule has 1 aromatic heterocycles. The van der Waals surface area contributed by atoms with E-state index in [1.54, 1.807) is 0 Å². The maximum Gasteiger partial charge on any atom is 0.330 e. The van der Waals surface area contributed by atoms with Crippen LogP contribution in [0.1, 0.15) is 6.23 Å². The SMILES string of the molecule is COC[C@@H](COP(O)(=S)CC(O)O)O[C@H](COC)n1ccc(=O)[nH]c1=O. The van der Waals surface area contributed by atoms with Crippen LogP contribution in [-0.2, 0) is 30.5 Å². The minimum atomic E-state index is -3.42. The van der Waals surface area contributed by atoms with E-state index in [9.17, 15) is 14.5 Å². The van der Waals surface area contributed by atoms with Crippen molar-refractivity contribution in [1.82, 2.24) is 9.55 Å². The zero-order valence-corrected chi connectivity index (χ0v) is 16.0. The highest BCUT2D eigenvalue weighted by Crippen LogP contribution is 2.42. The van der Waals surface area contributed by atoms with Gasteiger partial charge in [0, 0.05) is 26.5 Å². The summed E-state index contributed by atoms with van der Waals surface area (Å²) >= 11 is 4.82. The first kappa shape index (κ1) is 23.1. The molecule has 0 spiro atoms. The smallest absolute Gasteiger partial charge is 0.330 e. The predicted molar refractivity (Wildman–Crippen MR) is 94.5 cm³/mol. The molecule has 1 rings (SSSR count). The van der Waals surface area contributed by atoms with Crippen molar-refractivity contribution in [2.24, 2.45) is 0 Å². The van der Waals surface area contributed by atoms with Crippen LogP contribution in [0.5, 0.6) is 0 Å². The zero-order valence-electron chi connectivity index (χ0n) is 14.3. The molecule has 150 valence electrons. The van der Waals surface area contributed by atoms with E-state index >= 15 is 0 Å². The Kier molecular flexibility index (Phi) is 9.79. The molecule has 0 amide bonds. The van der Waals surface area contributed by atoms with Crippen LogP contribution in [0, 0.1) is 0 Å². The standard InChI is InChI=1S/C13H23N2O9PS/c1-21-5-9(6-23-25(20,26)8-12(17)18)24-11(7-22-2)15-4-3-10(16)14-13(15)19/h3-4,9,11-12,17-18H,5-8H2,1-2H3,(H,20,26)(H,14,16,19)/t9-,11+,25?/m0/s1. The quantitative estimate of drug-likeness (QED) is 0.231. The first-order chi connectivity index (χ1) is 12.2. The number of aliphatic hydroxyl groups excluding tert-OH is 1. The van der Waals surface area contributed by atoms with Gasteiger partial charge in [-0.25, -0.2) is 4.79 Å². The number of H-pyrrole nitrogens is 1. The zero-order chi connectivity index (χ0) is 19.7. The molecule has 1 heterocycles. The van der Waals surface area contributed by atoms with Crippen molar-refractivity contribution >= 4 is 18.3 Å². The molecular weight excluding hydrogens is 391 g/mol. The number of ether oxygens (including phenoxy) is 3.